The molecule has 132 valence electrons. The molecule has 2 aromatic rings. The molecule has 2 aliphatic rings. The molecule has 8 heteroatoms. The summed E-state index contributed by atoms with van der Waals surface area (Å²) in [5, 5.41) is 7.27. The van der Waals surface area contributed by atoms with Crippen LogP contribution in [-0.2, 0) is 9.59 Å². The van der Waals surface area contributed by atoms with Crippen LogP contribution in [-0.4, -0.2) is 26.8 Å². The van der Waals surface area contributed by atoms with Crippen molar-refractivity contribution in [1.29, 1.82) is 0 Å². The van der Waals surface area contributed by atoms with Crippen LogP contribution >= 0.6 is 35.1 Å². The summed E-state index contributed by atoms with van der Waals surface area (Å²) in [6.07, 6.45) is 0. The van der Waals surface area contributed by atoms with Crippen molar-refractivity contribution in [2.45, 2.75) is 11.3 Å². The molecule has 1 fully saturated rings. The summed E-state index contributed by atoms with van der Waals surface area (Å²) in [6, 6.07) is 16.7. The molecule has 1 spiro atoms. The molecule has 0 aliphatic carbocycles. The van der Waals surface area contributed by atoms with Gasteiger partial charge in [0.1, 0.15) is 0 Å². The molecule has 1 saturated heterocycles. The highest BCUT2D eigenvalue weighted by Gasteiger charge is 2.57. The maximum Gasteiger partial charge on any atom is 0.243 e. The number of carbonyl (C=O) groups is 2. The first-order chi connectivity index (χ1) is 12.5. The number of hydrogen-bond donors (Lipinski definition) is 0. The van der Waals surface area contributed by atoms with Gasteiger partial charge in [-0.25, -0.2) is 5.01 Å². The molecule has 2 aromatic carbocycles. The lowest BCUT2D eigenvalue weighted by Gasteiger charge is -2.39. The fourth-order valence-corrected chi connectivity index (χ4v) is 5.72. The molecule has 2 heterocycles. The highest BCUT2D eigenvalue weighted by Crippen LogP contribution is 2.55. The Morgan fingerprint density at radius 2 is 1.81 bits per heavy atom. The van der Waals surface area contributed by atoms with Gasteiger partial charge in [-0.1, -0.05) is 41.6 Å². The molecule has 26 heavy (non-hydrogen) atoms. The first kappa shape index (κ1) is 17.5. The quantitative estimate of drug-likeness (QED) is 0.769. The summed E-state index contributed by atoms with van der Waals surface area (Å²) < 4.78 is -0.868. The van der Waals surface area contributed by atoms with Crippen molar-refractivity contribution in [2.75, 3.05) is 15.7 Å². The van der Waals surface area contributed by atoms with Gasteiger partial charge in [-0.3, -0.25) is 14.5 Å². The topological polar surface area (TPSA) is 53.0 Å². The van der Waals surface area contributed by atoms with Crippen LogP contribution in [0.3, 0.4) is 0 Å². The van der Waals surface area contributed by atoms with Crippen LogP contribution in [0.5, 0.6) is 0 Å². The van der Waals surface area contributed by atoms with Crippen molar-refractivity contribution in [2.24, 2.45) is 5.10 Å². The Labute approximate surface area is 164 Å². The van der Waals surface area contributed by atoms with Gasteiger partial charge in [-0.15, -0.1) is 0 Å². The van der Waals surface area contributed by atoms with E-state index in [1.807, 2.05) is 42.5 Å². The van der Waals surface area contributed by atoms with E-state index in [1.165, 1.54) is 30.4 Å². The van der Waals surface area contributed by atoms with Crippen LogP contribution in [0, 0.1) is 0 Å². The summed E-state index contributed by atoms with van der Waals surface area (Å²) in [7, 11) is 0. The van der Waals surface area contributed by atoms with Crippen molar-refractivity contribution in [1.82, 2.24) is 0 Å². The zero-order valence-electron chi connectivity index (χ0n) is 13.8. The molecule has 0 aromatic heterocycles. The second kappa shape index (κ2) is 6.64. The largest absolute Gasteiger partial charge is 0.292 e. The Bertz CT molecular complexity index is 904. The van der Waals surface area contributed by atoms with Gasteiger partial charge in [0, 0.05) is 17.6 Å². The van der Waals surface area contributed by atoms with Gasteiger partial charge < -0.3 is 0 Å². The number of rotatable bonds is 3. The molecule has 4 rings (SSSR count). The second-order valence-corrected chi connectivity index (χ2v) is 8.76. The normalized spacial score (nSPS) is 22.2. The van der Waals surface area contributed by atoms with E-state index in [0.29, 0.717) is 15.8 Å². The van der Waals surface area contributed by atoms with Gasteiger partial charge >= 0.3 is 0 Å². The third-order valence-electron chi connectivity index (χ3n) is 3.99. The Balaban J connectivity index is 1.85. The number of hydrazone groups is 1. The van der Waals surface area contributed by atoms with E-state index in [2.05, 4.69) is 5.10 Å². The molecule has 1 atom stereocenters. The average molecular weight is 404 g/mol. The number of ketones is 1. The minimum Gasteiger partial charge on any atom is -0.292 e. The number of halogens is 1. The van der Waals surface area contributed by atoms with Gasteiger partial charge in [0.2, 0.25) is 10.2 Å². The number of Topliss-reactive ketones (excluding diaryl/α,β-unsaturated/α-hetero) is 1. The van der Waals surface area contributed by atoms with Crippen LogP contribution in [0.25, 0.3) is 0 Å². The summed E-state index contributed by atoms with van der Waals surface area (Å²) in [4.78, 5) is 26.5. The predicted molar refractivity (Wildman–Crippen MR) is 109 cm³/mol. The van der Waals surface area contributed by atoms with Gasteiger partial charge in [-0.05, 0) is 48.2 Å². The molecule has 0 radical (unpaired) electrons. The molecule has 0 bridgehead atoms. The van der Waals surface area contributed by atoms with E-state index >= 15 is 0 Å². The highest BCUT2D eigenvalue weighted by atomic mass is 35.5. The number of hydrogen-bond acceptors (Lipinski definition) is 6. The lowest BCUT2D eigenvalue weighted by molar-refractivity contribution is -0.116. The third kappa shape index (κ3) is 2.80. The Morgan fingerprint density at radius 3 is 2.46 bits per heavy atom. The van der Waals surface area contributed by atoms with E-state index in [9.17, 15) is 9.59 Å². The maximum absolute atomic E-state index is 12.8. The number of amides is 1. The molecular weight excluding hydrogens is 390 g/mol. The number of benzene rings is 2. The lowest BCUT2D eigenvalue weighted by Crippen LogP contribution is -2.51. The number of anilines is 2. The van der Waals surface area contributed by atoms with E-state index in [0.717, 1.165) is 11.4 Å². The Hall–Kier alpha value is -1.96. The minimum absolute atomic E-state index is 0.0207. The number of para-hydroxylation sites is 1. The van der Waals surface area contributed by atoms with E-state index in [1.54, 1.807) is 22.0 Å². The molecule has 0 unspecified atom stereocenters. The summed E-state index contributed by atoms with van der Waals surface area (Å²) in [5.41, 5.74) is 1.54. The van der Waals surface area contributed by atoms with Crippen LogP contribution in [0.1, 0.15) is 6.92 Å². The third-order valence-corrected chi connectivity index (χ3v) is 7.15. The number of nitrogens with zero attached hydrogens (tertiary/aromatic N) is 3. The average Bonchev–Trinajstić information content (AvgIpc) is 3.18. The Morgan fingerprint density at radius 1 is 1.12 bits per heavy atom. The smallest absolute Gasteiger partial charge is 0.243 e. The second-order valence-electron chi connectivity index (χ2n) is 5.75. The van der Waals surface area contributed by atoms with Gasteiger partial charge in [-0.2, -0.15) is 5.10 Å². The zero-order valence-corrected chi connectivity index (χ0v) is 16.1. The molecule has 0 saturated carbocycles. The predicted octanol–water partition coefficient (Wildman–Crippen LogP) is 4.19. The minimum atomic E-state index is -0.868. The van der Waals surface area contributed by atoms with E-state index < -0.39 is 4.33 Å². The zero-order chi connectivity index (χ0) is 18.3. The standard InChI is InChI=1S/C18H14ClN3O2S2/c1-12(23)17-20-22(15-9-7-13(19)8-10-15)18(26-17)21(16(24)11-25-18)14-5-3-2-4-6-14/h2-10H,11H2,1H3/t18-/m0/s1. The molecule has 5 nitrogen and oxygen atoms in total. The summed E-state index contributed by atoms with van der Waals surface area (Å²) >= 11 is 8.77. The first-order valence-corrected chi connectivity index (χ1v) is 10.1. The molecule has 2 aliphatic heterocycles. The number of carbonyl (C=O) groups excluding carboxylic acids is 2. The highest BCUT2D eigenvalue weighted by molar-refractivity contribution is 8.28. The lowest BCUT2D eigenvalue weighted by atomic mass is 10.3. The SMILES string of the molecule is CC(=O)C1=NN(c2ccc(Cl)cc2)[C@@]2(SCC(=O)N2c2ccccc2)S1. The molecule has 1 amide bonds. The number of thioether (sulfide) groups is 2. The van der Waals surface area contributed by atoms with Crippen molar-refractivity contribution in [3.8, 4) is 0 Å². The van der Waals surface area contributed by atoms with Gasteiger partial charge in [0.15, 0.2) is 10.8 Å². The van der Waals surface area contributed by atoms with Crippen molar-refractivity contribution < 1.29 is 9.59 Å². The van der Waals surface area contributed by atoms with Crippen LogP contribution in [0.15, 0.2) is 59.7 Å². The first-order valence-electron chi connectivity index (χ1n) is 7.88. The maximum atomic E-state index is 12.8. The van der Waals surface area contributed by atoms with Crippen molar-refractivity contribution >= 4 is 63.2 Å². The Kier molecular flexibility index (Phi) is 4.46. The van der Waals surface area contributed by atoms with E-state index in [4.69, 9.17) is 11.6 Å². The fourth-order valence-electron chi connectivity index (χ4n) is 2.85. The molecule has 0 N–H and O–H groups in total. The van der Waals surface area contributed by atoms with Crippen LogP contribution < -0.4 is 9.91 Å². The molecular formula is C18H14ClN3O2S2. The van der Waals surface area contributed by atoms with Crippen molar-refractivity contribution in [3.63, 3.8) is 0 Å². The fraction of sp³-hybridized carbons (Fsp3) is 0.167. The van der Waals surface area contributed by atoms with Crippen molar-refractivity contribution in [3.05, 3.63) is 59.6 Å². The monoisotopic (exact) mass is 403 g/mol. The van der Waals surface area contributed by atoms with Crippen LogP contribution in [0.2, 0.25) is 5.02 Å². The van der Waals surface area contributed by atoms with Gasteiger partial charge in [0.05, 0.1) is 11.4 Å². The summed E-state index contributed by atoms with van der Waals surface area (Å²) in [5.74, 6) is 0.165. The van der Waals surface area contributed by atoms with Gasteiger partial charge in [0.25, 0.3) is 0 Å². The van der Waals surface area contributed by atoms with E-state index in [-0.39, 0.29) is 11.7 Å². The summed E-state index contributed by atoms with van der Waals surface area (Å²) in [6.45, 7) is 1.49. The van der Waals surface area contributed by atoms with Crippen LogP contribution in [0.4, 0.5) is 11.4 Å².